The second-order valence-corrected chi connectivity index (χ2v) is 7.04. The Hall–Kier alpha value is -2.84. The summed E-state index contributed by atoms with van der Waals surface area (Å²) in [5.74, 6) is 1.47. The molecular weight excluding hydrogens is 371 g/mol. The van der Waals surface area contributed by atoms with Crippen LogP contribution in [0, 0.1) is 5.92 Å². The maximum atomic E-state index is 12.7. The van der Waals surface area contributed by atoms with E-state index in [0.29, 0.717) is 24.6 Å². The zero-order valence-electron chi connectivity index (χ0n) is 15.8. The molecule has 0 unspecified atom stereocenters. The summed E-state index contributed by atoms with van der Waals surface area (Å²) in [7, 11) is 0. The number of hydrogen-bond acceptors (Lipinski definition) is 3. The number of amides is 1. The predicted octanol–water partition coefficient (Wildman–Crippen LogP) is 2.25. The molecule has 0 aliphatic carbocycles. The maximum Gasteiger partial charge on any atom is 0.419 e. The molecular formula is C19H24F3N5O+2. The van der Waals surface area contributed by atoms with Crippen molar-refractivity contribution in [1.82, 2.24) is 0 Å². The van der Waals surface area contributed by atoms with Gasteiger partial charge in [0.1, 0.15) is 38.6 Å². The number of H-pyrrole nitrogens is 2. The zero-order valence-corrected chi connectivity index (χ0v) is 15.8. The Morgan fingerprint density at radius 2 is 1.50 bits per heavy atom. The SMILES string of the molecule is CC(C)C(=O)Nc1ccc(N2CCN(c3ccc(C(F)(F)F)c[nH+]3)CC2)[nH+]c1. The molecule has 2 aromatic heterocycles. The molecule has 1 saturated heterocycles. The van der Waals surface area contributed by atoms with Gasteiger partial charge in [-0.2, -0.15) is 13.2 Å². The number of nitrogens with one attached hydrogen (secondary N) is 3. The largest absolute Gasteiger partial charge is 0.419 e. The summed E-state index contributed by atoms with van der Waals surface area (Å²) in [5, 5.41) is 2.83. The summed E-state index contributed by atoms with van der Waals surface area (Å²) in [6, 6.07) is 6.32. The van der Waals surface area contributed by atoms with Crippen molar-refractivity contribution < 1.29 is 27.9 Å². The van der Waals surface area contributed by atoms with Crippen molar-refractivity contribution in [3.63, 3.8) is 0 Å². The summed E-state index contributed by atoms with van der Waals surface area (Å²) >= 11 is 0. The number of alkyl halides is 3. The van der Waals surface area contributed by atoms with E-state index in [2.05, 4.69) is 20.2 Å². The van der Waals surface area contributed by atoms with Crippen LogP contribution < -0.4 is 25.1 Å². The van der Waals surface area contributed by atoms with Gasteiger partial charge in [-0.15, -0.1) is 0 Å². The first-order chi connectivity index (χ1) is 13.2. The van der Waals surface area contributed by atoms with Gasteiger partial charge in [-0.1, -0.05) is 13.8 Å². The number of hydrogen-bond donors (Lipinski definition) is 1. The highest BCUT2D eigenvalue weighted by Crippen LogP contribution is 2.28. The average Bonchev–Trinajstić information content (AvgIpc) is 2.68. The number of rotatable bonds is 4. The smallest absolute Gasteiger partial charge is 0.323 e. The van der Waals surface area contributed by atoms with Crippen LogP contribution in [0.15, 0.2) is 36.7 Å². The van der Waals surface area contributed by atoms with Crippen LogP contribution in [0.5, 0.6) is 0 Å². The highest BCUT2D eigenvalue weighted by molar-refractivity contribution is 5.91. The number of halogens is 3. The van der Waals surface area contributed by atoms with Crippen molar-refractivity contribution in [3.05, 3.63) is 42.2 Å². The Kier molecular flexibility index (Phi) is 5.71. The van der Waals surface area contributed by atoms with Crippen LogP contribution in [0.25, 0.3) is 0 Å². The highest BCUT2D eigenvalue weighted by Gasteiger charge is 2.33. The van der Waals surface area contributed by atoms with Gasteiger partial charge in [-0.3, -0.25) is 14.6 Å². The number of nitrogens with zero attached hydrogens (tertiary/aromatic N) is 2. The monoisotopic (exact) mass is 395 g/mol. The number of anilines is 3. The standard InChI is InChI=1S/C19H22F3N5O/c1-13(2)18(28)25-15-4-6-17(24-12-15)27-9-7-26(8-10-27)16-5-3-14(11-23-16)19(20,21)22/h3-6,11-13H,7-10H2,1-2H3,(H,25,28)/p+2. The fourth-order valence-corrected chi connectivity index (χ4v) is 2.96. The minimum absolute atomic E-state index is 0.0393. The van der Waals surface area contributed by atoms with Crippen LogP contribution in [0.3, 0.4) is 0 Å². The predicted molar refractivity (Wildman–Crippen MR) is 98.9 cm³/mol. The van der Waals surface area contributed by atoms with Crippen LogP contribution in [0.4, 0.5) is 30.5 Å². The Bertz CT molecular complexity index is 798. The molecule has 0 spiro atoms. The molecule has 1 fully saturated rings. The van der Waals surface area contributed by atoms with E-state index in [1.54, 1.807) is 6.20 Å². The maximum absolute atomic E-state index is 12.7. The van der Waals surface area contributed by atoms with E-state index in [9.17, 15) is 18.0 Å². The third-order valence-corrected chi connectivity index (χ3v) is 4.67. The van der Waals surface area contributed by atoms with Gasteiger partial charge in [0, 0.05) is 18.1 Å². The van der Waals surface area contributed by atoms with Crippen molar-refractivity contribution in [2.24, 2.45) is 5.92 Å². The van der Waals surface area contributed by atoms with Crippen LogP contribution in [0.1, 0.15) is 19.4 Å². The lowest BCUT2D eigenvalue weighted by atomic mass is 10.2. The van der Waals surface area contributed by atoms with Crippen molar-refractivity contribution >= 4 is 23.2 Å². The minimum Gasteiger partial charge on any atom is -0.323 e. The van der Waals surface area contributed by atoms with E-state index < -0.39 is 11.7 Å². The third kappa shape index (κ3) is 4.71. The quantitative estimate of drug-likeness (QED) is 0.864. The summed E-state index contributed by atoms with van der Waals surface area (Å²) in [5.41, 5.74) is 0.0228. The lowest BCUT2D eigenvalue weighted by Gasteiger charge is -2.26. The molecule has 0 aromatic carbocycles. The summed E-state index contributed by atoms with van der Waals surface area (Å²) < 4.78 is 38.0. The second-order valence-electron chi connectivity index (χ2n) is 7.04. The molecule has 3 rings (SSSR count). The molecule has 3 heterocycles. The molecule has 3 N–H and O–H groups in total. The molecule has 1 aliphatic heterocycles. The summed E-state index contributed by atoms with van der Waals surface area (Å²) in [6.07, 6.45) is -1.59. The molecule has 1 amide bonds. The van der Waals surface area contributed by atoms with Crippen molar-refractivity contribution in [2.45, 2.75) is 20.0 Å². The Morgan fingerprint density at radius 1 is 0.964 bits per heavy atom. The fourth-order valence-electron chi connectivity index (χ4n) is 2.96. The fraction of sp³-hybridized carbons (Fsp3) is 0.421. The van der Waals surface area contributed by atoms with Gasteiger partial charge in [-0.05, 0) is 12.1 Å². The number of piperazine rings is 1. The van der Waals surface area contributed by atoms with Gasteiger partial charge in [0.05, 0.1) is 11.3 Å². The van der Waals surface area contributed by atoms with Gasteiger partial charge < -0.3 is 5.32 Å². The van der Waals surface area contributed by atoms with Crippen LogP contribution in [-0.4, -0.2) is 32.1 Å². The topological polar surface area (TPSA) is 63.9 Å². The molecule has 0 bridgehead atoms. The molecule has 9 heteroatoms. The van der Waals surface area contributed by atoms with Crippen molar-refractivity contribution in [3.8, 4) is 0 Å². The number of aromatic amines is 2. The first-order valence-electron chi connectivity index (χ1n) is 9.15. The van der Waals surface area contributed by atoms with E-state index in [4.69, 9.17) is 0 Å². The van der Waals surface area contributed by atoms with E-state index in [-0.39, 0.29) is 11.8 Å². The molecule has 2 aromatic rings. The summed E-state index contributed by atoms with van der Waals surface area (Å²) in [6.45, 7) is 6.48. The van der Waals surface area contributed by atoms with Gasteiger partial charge >= 0.3 is 6.18 Å². The van der Waals surface area contributed by atoms with Crippen LogP contribution in [0.2, 0.25) is 0 Å². The average molecular weight is 395 g/mol. The minimum atomic E-state index is -4.34. The summed E-state index contributed by atoms with van der Waals surface area (Å²) in [4.78, 5) is 21.9. The molecule has 0 saturated carbocycles. The number of pyridine rings is 2. The van der Waals surface area contributed by atoms with E-state index in [1.165, 1.54) is 6.07 Å². The Morgan fingerprint density at radius 3 is 1.89 bits per heavy atom. The number of carbonyl (C=O) groups excluding carboxylic acids is 1. The van der Waals surface area contributed by atoms with Gasteiger partial charge in [0.2, 0.25) is 5.91 Å². The molecule has 0 atom stereocenters. The van der Waals surface area contributed by atoms with Crippen molar-refractivity contribution in [1.29, 1.82) is 0 Å². The Labute approximate surface area is 161 Å². The second kappa shape index (κ2) is 8.04. The zero-order chi connectivity index (χ0) is 20.3. The first kappa shape index (κ1) is 19.9. The van der Waals surface area contributed by atoms with Crippen LogP contribution >= 0.6 is 0 Å². The normalized spacial score (nSPS) is 15.1. The van der Waals surface area contributed by atoms with E-state index in [1.807, 2.05) is 30.9 Å². The van der Waals surface area contributed by atoms with Gasteiger partial charge in [0.15, 0.2) is 0 Å². The first-order valence-corrected chi connectivity index (χ1v) is 9.15. The molecule has 6 nitrogen and oxygen atoms in total. The Balaban J connectivity index is 1.57. The highest BCUT2D eigenvalue weighted by atomic mass is 19.4. The van der Waals surface area contributed by atoms with Crippen molar-refractivity contribution in [2.75, 3.05) is 41.3 Å². The third-order valence-electron chi connectivity index (χ3n) is 4.67. The molecule has 0 radical (unpaired) electrons. The molecule has 150 valence electrons. The van der Waals surface area contributed by atoms with E-state index >= 15 is 0 Å². The number of aromatic nitrogens is 2. The van der Waals surface area contributed by atoms with Gasteiger partial charge in [0.25, 0.3) is 11.6 Å². The molecule has 28 heavy (non-hydrogen) atoms. The van der Waals surface area contributed by atoms with E-state index in [0.717, 1.165) is 31.2 Å². The lowest BCUT2D eigenvalue weighted by Crippen LogP contribution is -2.49. The molecule has 1 aliphatic rings. The van der Waals surface area contributed by atoms with Gasteiger partial charge in [-0.25, -0.2) is 9.97 Å². The number of carbonyl (C=O) groups is 1. The van der Waals surface area contributed by atoms with Crippen LogP contribution in [-0.2, 0) is 11.0 Å². The lowest BCUT2D eigenvalue weighted by molar-refractivity contribution is -0.368.